The minimum absolute atomic E-state index is 0.0342. The van der Waals surface area contributed by atoms with E-state index in [1.807, 2.05) is 6.92 Å². The summed E-state index contributed by atoms with van der Waals surface area (Å²) in [5, 5.41) is 0. The molecule has 1 aliphatic carbocycles. The summed E-state index contributed by atoms with van der Waals surface area (Å²) in [5.41, 5.74) is 5.09. The first-order chi connectivity index (χ1) is 9.47. The lowest BCUT2D eigenvalue weighted by molar-refractivity contribution is -0.151. The number of hydrogen-bond acceptors (Lipinski definition) is 4. The molecule has 0 aromatic rings. The number of nitrogens with two attached hydrogens (primary N) is 1. The Labute approximate surface area is 125 Å². The summed E-state index contributed by atoms with van der Waals surface area (Å²) in [6, 6.07) is 0. The Hall–Kier alpha value is -1.17. The Bertz CT molecular complexity index is 379. The van der Waals surface area contributed by atoms with Crippen LogP contribution in [0.4, 0.5) is 0 Å². The Morgan fingerprint density at radius 2 is 1.85 bits per heavy atom. The molecular formula is C14H24N2O3S. The third-order valence-electron chi connectivity index (χ3n) is 3.88. The van der Waals surface area contributed by atoms with Gasteiger partial charge in [-0.05, 0) is 26.7 Å². The standard InChI is InChI=1S/C14H24N2O3S/c1-3-16(10-11(17)19-4-2)13(18)14(12(15)20)8-6-5-7-9-14/h3-10H2,1-2H3,(H2,15,20). The van der Waals surface area contributed by atoms with Crippen LogP contribution < -0.4 is 5.73 Å². The number of rotatable bonds is 6. The molecule has 0 radical (unpaired) electrons. The quantitative estimate of drug-likeness (QED) is 0.596. The van der Waals surface area contributed by atoms with Crippen molar-refractivity contribution in [1.29, 1.82) is 0 Å². The van der Waals surface area contributed by atoms with Crippen LogP contribution >= 0.6 is 12.2 Å². The lowest BCUT2D eigenvalue weighted by Gasteiger charge is -2.38. The third kappa shape index (κ3) is 3.69. The van der Waals surface area contributed by atoms with Crippen LogP contribution in [0.15, 0.2) is 0 Å². The minimum Gasteiger partial charge on any atom is -0.465 e. The molecule has 20 heavy (non-hydrogen) atoms. The summed E-state index contributed by atoms with van der Waals surface area (Å²) in [6.45, 7) is 4.31. The largest absolute Gasteiger partial charge is 0.465 e. The number of ether oxygens (including phenoxy) is 1. The highest BCUT2D eigenvalue weighted by molar-refractivity contribution is 7.80. The first-order valence-corrected chi connectivity index (χ1v) is 7.63. The van der Waals surface area contributed by atoms with Crippen molar-refractivity contribution in [3.63, 3.8) is 0 Å². The smallest absolute Gasteiger partial charge is 0.325 e. The van der Waals surface area contributed by atoms with E-state index in [9.17, 15) is 9.59 Å². The van der Waals surface area contributed by atoms with Gasteiger partial charge in [0, 0.05) is 6.54 Å². The normalized spacial score (nSPS) is 17.3. The maximum Gasteiger partial charge on any atom is 0.325 e. The fraction of sp³-hybridized carbons (Fsp3) is 0.786. The number of hydrogen-bond donors (Lipinski definition) is 1. The fourth-order valence-electron chi connectivity index (χ4n) is 2.71. The number of esters is 1. The summed E-state index contributed by atoms with van der Waals surface area (Å²) in [5.74, 6) is -0.517. The predicted molar refractivity (Wildman–Crippen MR) is 81.2 cm³/mol. The van der Waals surface area contributed by atoms with Crippen molar-refractivity contribution in [1.82, 2.24) is 4.90 Å². The Morgan fingerprint density at radius 3 is 2.30 bits per heavy atom. The average molecular weight is 300 g/mol. The molecule has 1 aliphatic rings. The van der Waals surface area contributed by atoms with Crippen LogP contribution in [0.2, 0.25) is 0 Å². The monoisotopic (exact) mass is 300 g/mol. The number of likely N-dealkylation sites (N-methyl/N-ethyl adjacent to an activating group) is 1. The predicted octanol–water partition coefficient (Wildman–Crippen LogP) is 1.63. The first kappa shape index (κ1) is 16.9. The zero-order valence-electron chi connectivity index (χ0n) is 12.3. The topological polar surface area (TPSA) is 72.6 Å². The summed E-state index contributed by atoms with van der Waals surface area (Å²) in [6.07, 6.45) is 4.35. The lowest BCUT2D eigenvalue weighted by Crippen LogP contribution is -2.52. The van der Waals surface area contributed by atoms with Gasteiger partial charge >= 0.3 is 5.97 Å². The molecule has 0 aromatic carbocycles. The molecule has 0 saturated heterocycles. The molecule has 0 heterocycles. The van der Waals surface area contributed by atoms with Gasteiger partial charge in [-0.3, -0.25) is 9.59 Å². The number of carbonyl (C=O) groups excluding carboxylic acids is 2. The zero-order chi connectivity index (χ0) is 15.2. The highest BCUT2D eigenvalue weighted by Crippen LogP contribution is 2.38. The molecular weight excluding hydrogens is 276 g/mol. The molecule has 0 unspecified atom stereocenters. The Balaban J connectivity index is 2.86. The van der Waals surface area contributed by atoms with E-state index >= 15 is 0 Å². The van der Waals surface area contributed by atoms with E-state index in [4.69, 9.17) is 22.7 Å². The number of nitrogens with zero attached hydrogens (tertiary/aromatic N) is 1. The molecule has 6 heteroatoms. The van der Waals surface area contributed by atoms with Gasteiger partial charge in [0.2, 0.25) is 5.91 Å². The molecule has 0 aromatic heterocycles. The van der Waals surface area contributed by atoms with Crippen molar-refractivity contribution < 1.29 is 14.3 Å². The highest BCUT2D eigenvalue weighted by Gasteiger charge is 2.44. The van der Waals surface area contributed by atoms with E-state index in [1.165, 1.54) is 4.90 Å². The van der Waals surface area contributed by atoms with E-state index in [0.717, 1.165) is 19.3 Å². The van der Waals surface area contributed by atoms with Crippen LogP contribution in [0, 0.1) is 5.41 Å². The van der Waals surface area contributed by atoms with Crippen molar-refractivity contribution in [2.45, 2.75) is 46.0 Å². The van der Waals surface area contributed by atoms with Crippen LogP contribution in [0.5, 0.6) is 0 Å². The Morgan fingerprint density at radius 1 is 1.25 bits per heavy atom. The van der Waals surface area contributed by atoms with Crippen LogP contribution in [0.3, 0.4) is 0 Å². The van der Waals surface area contributed by atoms with Crippen LogP contribution in [0.25, 0.3) is 0 Å². The highest BCUT2D eigenvalue weighted by atomic mass is 32.1. The van der Waals surface area contributed by atoms with Crippen LogP contribution in [-0.2, 0) is 14.3 Å². The van der Waals surface area contributed by atoms with Gasteiger partial charge in [-0.1, -0.05) is 31.5 Å². The fourth-order valence-corrected chi connectivity index (χ4v) is 3.00. The van der Waals surface area contributed by atoms with Crippen molar-refractivity contribution in [2.24, 2.45) is 11.1 Å². The summed E-state index contributed by atoms with van der Waals surface area (Å²) < 4.78 is 4.91. The molecule has 5 nitrogen and oxygen atoms in total. The molecule has 0 bridgehead atoms. The summed E-state index contributed by atoms with van der Waals surface area (Å²) >= 11 is 5.15. The van der Waals surface area contributed by atoms with Gasteiger partial charge in [0.05, 0.1) is 17.0 Å². The zero-order valence-corrected chi connectivity index (χ0v) is 13.1. The van der Waals surface area contributed by atoms with Crippen molar-refractivity contribution in [2.75, 3.05) is 19.7 Å². The van der Waals surface area contributed by atoms with E-state index in [1.54, 1.807) is 6.92 Å². The van der Waals surface area contributed by atoms with E-state index in [0.29, 0.717) is 26.0 Å². The summed E-state index contributed by atoms with van der Waals surface area (Å²) in [7, 11) is 0. The second-order valence-corrected chi connectivity index (χ2v) is 5.57. The van der Waals surface area contributed by atoms with E-state index < -0.39 is 11.4 Å². The average Bonchev–Trinajstić information content (AvgIpc) is 2.44. The van der Waals surface area contributed by atoms with Gasteiger partial charge in [0.15, 0.2) is 0 Å². The maximum atomic E-state index is 12.8. The van der Waals surface area contributed by atoms with E-state index in [-0.39, 0.29) is 17.4 Å². The molecule has 114 valence electrons. The molecule has 0 atom stereocenters. The molecule has 1 saturated carbocycles. The molecule has 2 N–H and O–H groups in total. The van der Waals surface area contributed by atoms with Gasteiger partial charge < -0.3 is 15.4 Å². The third-order valence-corrected chi connectivity index (χ3v) is 4.27. The Kier molecular flexibility index (Phi) is 6.39. The molecule has 1 amide bonds. The van der Waals surface area contributed by atoms with Crippen LogP contribution in [0.1, 0.15) is 46.0 Å². The van der Waals surface area contributed by atoms with Crippen molar-refractivity contribution in [3.05, 3.63) is 0 Å². The molecule has 1 rings (SSSR count). The van der Waals surface area contributed by atoms with Crippen molar-refractivity contribution in [3.8, 4) is 0 Å². The lowest BCUT2D eigenvalue weighted by atomic mass is 9.73. The molecule has 0 aliphatic heterocycles. The second-order valence-electron chi connectivity index (χ2n) is 5.13. The maximum absolute atomic E-state index is 12.8. The number of amides is 1. The second kappa shape index (κ2) is 7.57. The van der Waals surface area contributed by atoms with E-state index in [2.05, 4.69) is 0 Å². The first-order valence-electron chi connectivity index (χ1n) is 7.22. The minimum atomic E-state index is -0.768. The van der Waals surface area contributed by atoms with Gasteiger partial charge in [0.25, 0.3) is 0 Å². The molecule has 1 fully saturated rings. The van der Waals surface area contributed by atoms with Gasteiger partial charge in [-0.15, -0.1) is 0 Å². The van der Waals surface area contributed by atoms with Gasteiger partial charge in [0.1, 0.15) is 6.54 Å². The van der Waals surface area contributed by atoms with Crippen molar-refractivity contribution >= 4 is 29.1 Å². The summed E-state index contributed by atoms with van der Waals surface area (Å²) in [4.78, 5) is 26.1. The SMILES string of the molecule is CCOC(=O)CN(CC)C(=O)C1(C(N)=S)CCCCC1. The van der Waals surface area contributed by atoms with Gasteiger partial charge in [-0.25, -0.2) is 0 Å². The van der Waals surface area contributed by atoms with Crippen LogP contribution in [-0.4, -0.2) is 41.5 Å². The van der Waals surface area contributed by atoms with Gasteiger partial charge in [-0.2, -0.15) is 0 Å². The number of carbonyl (C=O) groups is 2. The molecule has 0 spiro atoms. The number of thiocarbonyl (C=S) groups is 1.